The second-order valence-corrected chi connectivity index (χ2v) is 9.46. The first kappa shape index (κ1) is 14.7. The Morgan fingerprint density at radius 3 is 2.83 bits per heavy atom. The van der Waals surface area contributed by atoms with E-state index in [1.165, 1.54) is 19.3 Å². The molecule has 3 heteroatoms. The minimum Gasteiger partial charge on any atom is -0.392 e. The molecule has 4 bridgehead atoms. The van der Waals surface area contributed by atoms with Crippen molar-refractivity contribution in [1.29, 1.82) is 0 Å². The minimum atomic E-state index is -0.540. The number of Topliss-reactive ketones (excluding diaryl/α,β-unsaturated/α-hetero) is 1. The van der Waals surface area contributed by atoms with Crippen LogP contribution in [-0.2, 0) is 9.53 Å². The molecular weight excluding hydrogens is 288 g/mol. The number of hydrogen-bond acceptors (Lipinski definition) is 3. The first-order valence-corrected chi connectivity index (χ1v) is 9.43. The van der Waals surface area contributed by atoms with Crippen molar-refractivity contribution in [1.82, 2.24) is 0 Å². The van der Waals surface area contributed by atoms with Crippen LogP contribution in [-0.4, -0.2) is 30.2 Å². The van der Waals surface area contributed by atoms with Gasteiger partial charge in [0.25, 0.3) is 0 Å². The van der Waals surface area contributed by atoms with Gasteiger partial charge < -0.3 is 9.84 Å². The molecule has 0 amide bonds. The number of carbonyl (C=O) groups excluding carboxylic acids is 1. The Kier molecular flexibility index (Phi) is 2.73. The second kappa shape index (κ2) is 4.29. The Balaban J connectivity index is 1.68. The maximum absolute atomic E-state index is 13.2. The van der Waals surface area contributed by atoms with Crippen LogP contribution in [0.4, 0.5) is 0 Å². The molecule has 6 aliphatic rings. The largest absolute Gasteiger partial charge is 0.392 e. The number of ether oxygens (including phenoxy) is 1. The quantitative estimate of drug-likeness (QED) is 0.699. The van der Waals surface area contributed by atoms with Crippen LogP contribution in [0.5, 0.6) is 0 Å². The standard InChI is InChI=1S/C20H28O3/c1-12-13-4-7-20(17(12)22)15(8-13)19-6-3-5-18(2,10-23-11-19)14(19)9-16(20)21/h13-16,21H,1,3-11H2,2H3/t13-,14?,15?,16+,18-,19-,20+/m0/s1. The van der Waals surface area contributed by atoms with Gasteiger partial charge in [0.1, 0.15) is 0 Å². The molecule has 1 heterocycles. The fourth-order valence-corrected chi connectivity index (χ4v) is 7.72. The summed E-state index contributed by atoms with van der Waals surface area (Å²) in [6.45, 7) is 8.09. The highest BCUT2D eigenvalue weighted by Crippen LogP contribution is 2.72. The zero-order valence-electron chi connectivity index (χ0n) is 14.1. The van der Waals surface area contributed by atoms with Crippen LogP contribution >= 0.6 is 0 Å². The number of allylic oxidation sites excluding steroid dienone is 1. The third kappa shape index (κ3) is 1.48. The minimum absolute atomic E-state index is 0.125. The van der Waals surface area contributed by atoms with Crippen LogP contribution < -0.4 is 0 Å². The summed E-state index contributed by atoms with van der Waals surface area (Å²) in [6, 6.07) is 0. The topological polar surface area (TPSA) is 46.5 Å². The van der Waals surface area contributed by atoms with Crippen molar-refractivity contribution < 1.29 is 14.6 Å². The lowest BCUT2D eigenvalue weighted by Crippen LogP contribution is -2.71. The number of hydrogen-bond donors (Lipinski definition) is 1. The lowest BCUT2D eigenvalue weighted by Gasteiger charge is -2.70. The van der Waals surface area contributed by atoms with Gasteiger partial charge in [-0.3, -0.25) is 4.79 Å². The molecule has 126 valence electrons. The van der Waals surface area contributed by atoms with Gasteiger partial charge in [0, 0.05) is 5.41 Å². The highest BCUT2D eigenvalue weighted by atomic mass is 16.5. The van der Waals surface area contributed by atoms with Crippen molar-refractivity contribution >= 4 is 5.78 Å². The van der Waals surface area contributed by atoms with Crippen molar-refractivity contribution in [2.45, 2.75) is 58.0 Å². The van der Waals surface area contributed by atoms with Gasteiger partial charge in [-0.2, -0.15) is 0 Å². The Bertz CT molecular complexity index is 584. The summed E-state index contributed by atoms with van der Waals surface area (Å²) >= 11 is 0. The van der Waals surface area contributed by atoms with Crippen molar-refractivity contribution in [3.63, 3.8) is 0 Å². The summed E-state index contributed by atoms with van der Waals surface area (Å²) in [5.74, 6) is 1.37. The molecule has 0 aromatic heterocycles. The second-order valence-electron chi connectivity index (χ2n) is 9.46. The lowest BCUT2D eigenvalue weighted by molar-refractivity contribution is -0.267. The molecule has 0 aromatic carbocycles. The van der Waals surface area contributed by atoms with E-state index >= 15 is 0 Å². The van der Waals surface area contributed by atoms with E-state index in [1.807, 2.05) is 0 Å². The van der Waals surface area contributed by atoms with Gasteiger partial charge in [-0.05, 0) is 67.3 Å². The molecule has 23 heavy (non-hydrogen) atoms. The molecule has 7 atom stereocenters. The van der Waals surface area contributed by atoms with E-state index in [0.717, 1.165) is 44.5 Å². The van der Waals surface area contributed by atoms with Crippen LogP contribution in [0.25, 0.3) is 0 Å². The molecule has 6 fully saturated rings. The molecule has 5 aliphatic carbocycles. The predicted molar refractivity (Wildman–Crippen MR) is 86.7 cm³/mol. The van der Waals surface area contributed by atoms with E-state index in [4.69, 9.17) is 4.74 Å². The summed E-state index contributed by atoms with van der Waals surface area (Å²) in [7, 11) is 0. The number of rotatable bonds is 0. The van der Waals surface area contributed by atoms with Crippen molar-refractivity contribution in [3.8, 4) is 0 Å². The molecule has 0 aromatic rings. The number of carbonyl (C=O) groups is 1. The van der Waals surface area contributed by atoms with Gasteiger partial charge in [-0.1, -0.05) is 19.9 Å². The fourth-order valence-electron chi connectivity index (χ4n) is 7.72. The van der Waals surface area contributed by atoms with E-state index in [1.54, 1.807) is 0 Å². The number of aliphatic hydroxyl groups is 1. The van der Waals surface area contributed by atoms with Crippen LogP contribution in [0.1, 0.15) is 51.9 Å². The zero-order chi connectivity index (χ0) is 16.0. The predicted octanol–water partition coefficient (Wildman–Crippen LogP) is 3.12. The highest BCUT2D eigenvalue weighted by molar-refractivity contribution is 6.02. The van der Waals surface area contributed by atoms with E-state index in [0.29, 0.717) is 17.8 Å². The monoisotopic (exact) mass is 316 g/mol. The summed E-state index contributed by atoms with van der Waals surface area (Å²) < 4.78 is 6.14. The van der Waals surface area contributed by atoms with E-state index in [9.17, 15) is 9.90 Å². The van der Waals surface area contributed by atoms with Gasteiger partial charge in [0.05, 0.1) is 24.7 Å². The summed E-state index contributed by atoms with van der Waals surface area (Å²) in [5, 5.41) is 11.2. The Hall–Kier alpha value is -0.670. The Morgan fingerprint density at radius 1 is 1.17 bits per heavy atom. The number of aliphatic hydroxyl groups excluding tert-OH is 1. The molecule has 1 N–H and O–H groups in total. The molecule has 1 spiro atoms. The maximum Gasteiger partial charge on any atom is 0.167 e. The van der Waals surface area contributed by atoms with Crippen molar-refractivity contribution in [2.24, 2.45) is 34.0 Å². The highest BCUT2D eigenvalue weighted by Gasteiger charge is 2.72. The first-order valence-electron chi connectivity index (χ1n) is 9.43. The fraction of sp³-hybridized carbons (Fsp3) is 0.850. The van der Waals surface area contributed by atoms with Gasteiger partial charge in [0.15, 0.2) is 5.78 Å². The van der Waals surface area contributed by atoms with Crippen molar-refractivity contribution in [3.05, 3.63) is 12.2 Å². The van der Waals surface area contributed by atoms with Gasteiger partial charge in [-0.15, -0.1) is 0 Å². The van der Waals surface area contributed by atoms with E-state index in [-0.39, 0.29) is 16.6 Å². The lowest BCUT2D eigenvalue weighted by atomic mass is 9.35. The third-order valence-electron chi connectivity index (χ3n) is 8.73. The van der Waals surface area contributed by atoms with Crippen LogP contribution in [0.3, 0.4) is 0 Å². The average Bonchev–Trinajstić information content (AvgIpc) is 2.52. The third-order valence-corrected chi connectivity index (χ3v) is 8.73. The smallest absolute Gasteiger partial charge is 0.167 e. The Labute approximate surface area is 138 Å². The molecular formula is C20H28O3. The molecule has 1 aliphatic heterocycles. The normalized spacial score (nSPS) is 57.8. The van der Waals surface area contributed by atoms with Crippen LogP contribution in [0.15, 0.2) is 12.2 Å². The van der Waals surface area contributed by atoms with E-state index < -0.39 is 11.5 Å². The SMILES string of the molecule is C=C1C(=O)[C@]23CC[C@H]1CC2[C@@]12CCC[C@@](C)(COC1)C2C[C@H]3O. The first-order chi connectivity index (χ1) is 10.9. The summed E-state index contributed by atoms with van der Waals surface area (Å²) in [5.41, 5.74) is 0.577. The average molecular weight is 316 g/mol. The van der Waals surface area contributed by atoms with Gasteiger partial charge in [0.2, 0.25) is 0 Å². The van der Waals surface area contributed by atoms with E-state index in [2.05, 4.69) is 13.5 Å². The molecule has 6 rings (SSSR count). The van der Waals surface area contributed by atoms with Gasteiger partial charge in [-0.25, -0.2) is 0 Å². The molecule has 0 radical (unpaired) electrons. The maximum atomic E-state index is 13.2. The summed E-state index contributed by atoms with van der Waals surface area (Å²) in [4.78, 5) is 13.2. The molecule has 5 saturated carbocycles. The molecule has 1 saturated heterocycles. The van der Waals surface area contributed by atoms with Crippen molar-refractivity contribution in [2.75, 3.05) is 13.2 Å². The van der Waals surface area contributed by atoms with Crippen LogP contribution in [0.2, 0.25) is 0 Å². The van der Waals surface area contributed by atoms with Gasteiger partial charge >= 0.3 is 0 Å². The number of fused-ring (bicyclic) bond motifs is 2. The molecule has 3 nitrogen and oxygen atoms in total. The Morgan fingerprint density at radius 2 is 2.00 bits per heavy atom. The zero-order valence-corrected chi connectivity index (χ0v) is 14.1. The number of ketones is 1. The molecule has 2 unspecified atom stereocenters. The summed E-state index contributed by atoms with van der Waals surface area (Å²) in [6.07, 6.45) is 6.90. The van der Waals surface area contributed by atoms with Crippen LogP contribution in [0, 0.1) is 34.0 Å².